The maximum atomic E-state index is 13.9. The predicted molar refractivity (Wildman–Crippen MR) is 183 cm³/mol. The van der Waals surface area contributed by atoms with Gasteiger partial charge in [-0.2, -0.15) is 13.2 Å². The molecule has 11 nitrogen and oxygen atoms in total. The topological polar surface area (TPSA) is 157 Å². The van der Waals surface area contributed by atoms with Crippen LogP contribution in [0.15, 0.2) is 60.7 Å². The van der Waals surface area contributed by atoms with E-state index in [0.717, 1.165) is 28.5 Å². The Kier molecular flexibility index (Phi) is 13.0. The molecule has 15 heteroatoms. The number of aliphatic carboxylic acids is 1. The average Bonchev–Trinajstić information content (AvgIpc) is 3.72. The Hall–Kier alpha value is -4.50. The molecule has 2 heterocycles. The van der Waals surface area contributed by atoms with Crippen molar-refractivity contribution in [3.05, 3.63) is 71.1 Å². The molecule has 2 aromatic carbocycles. The minimum absolute atomic E-state index is 0.00185. The fourth-order valence-electron chi connectivity index (χ4n) is 6.22. The van der Waals surface area contributed by atoms with Crippen LogP contribution >= 0.6 is 11.3 Å². The van der Waals surface area contributed by atoms with E-state index in [0.29, 0.717) is 37.2 Å². The molecule has 50 heavy (non-hydrogen) atoms. The van der Waals surface area contributed by atoms with E-state index in [1.165, 1.54) is 11.3 Å². The summed E-state index contributed by atoms with van der Waals surface area (Å²) in [5.41, 5.74) is -0.189. The summed E-state index contributed by atoms with van der Waals surface area (Å²) in [7, 11) is 0. The van der Waals surface area contributed by atoms with Gasteiger partial charge in [0.1, 0.15) is 11.6 Å². The molecule has 3 atom stereocenters. The van der Waals surface area contributed by atoms with Crippen LogP contribution in [0.2, 0.25) is 0 Å². The molecule has 1 saturated carbocycles. The summed E-state index contributed by atoms with van der Waals surface area (Å²) in [6, 6.07) is 18.7. The number of nitrogens with zero attached hydrogens (tertiary/aromatic N) is 1. The molecule has 2 aliphatic rings. The van der Waals surface area contributed by atoms with Crippen LogP contribution in [0.25, 0.3) is 10.1 Å². The van der Waals surface area contributed by atoms with Crippen LogP contribution in [0, 0.1) is 0 Å². The Morgan fingerprint density at radius 1 is 0.980 bits per heavy atom. The number of carboxylic acid groups (broad SMARTS) is 1. The van der Waals surface area contributed by atoms with Crippen molar-refractivity contribution < 1.29 is 42.3 Å². The van der Waals surface area contributed by atoms with Crippen LogP contribution in [0.5, 0.6) is 0 Å². The number of amides is 4. The van der Waals surface area contributed by atoms with Crippen molar-refractivity contribution >= 4 is 51.0 Å². The fraction of sp³-hybridized carbons (Fsp3) is 0.457. The second-order valence-corrected chi connectivity index (χ2v) is 13.8. The van der Waals surface area contributed by atoms with E-state index in [2.05, 4.69) is 35.1 Å². The first-order valence-electron chi connectivity index (χ1n) is 16.4. The van der Waals surface area contributed by atoms with E-state index in [9.17, 15) is 32.3 Å². The van der Waals surface area contributed by atoms with E-state index in [1.807, 2.05) is 65.6 Å². The van der Waals surface area contributed by atoms with Gasteiger partial charge < -0.3 is 31.3 Å². The summed E-state index contributed by atoms with van der Waals surface area (Å²) in [4.78, 5) is 64.8. The lowest BCUT2D eigenvalue weighted by Gasteiger charge is -2.36. The van der Waals surface area contributed by atoms with Gasteiger partial charge in [0, 0.05) is 49.3 Å². The third kappa shape index (κ3) is 10.5. The van der Waals surface area contributed by atoms with E-state index < -0.39 is 23.7 Å². The van der Waals surface area contributed by atoms with Crippen LogP contribution in [0.1, 0.15) is 61.2 Å². The van der Waals surface area contributed by atoms with Crippen molar-refractivity contribution in [3.63, 3.8) is 0 Å². The Morgan fingerprint density at radius 2 is 1.58 bits per heavy atom. The molecule has 4 amide bonds. The van der Waals surface area contributed by atoms with Crippen molar-refractivity contribution in [2.24, 2.45) is 0 Å². The monoisotopic (exact) mass is 717 g/mol. The predicted octanol–water partition coefficient (Wildman–Crippen LogP) is 4.02. The number of carboxylic acids is 1. The summed E-state index contributed by atoms with van der Waals surface area (Å²) >= 11 is 1.40. The first-order chi connectivity index (χ1) is 23.7. The zero-order valence-corrected chi connectivity index (χ0v) is 28.7. The fourth-order valence-corrected chi connectivity index (χ4v) is 7.18. The highest BCUT2D eigenvalue weighted by atomic mass is 32.1. The largest absolute Gasteiger partial charge is 0.490 e. The normalized spacial score (nSPS) is 19.1. The van der Waals surface area contributed by atoms with Crippen molar-refractivity contribution in [1.82, 2.24) is 26.2 Å². The van der Waals surface area contributed by atoms with Gasteiger partial charge >= 0.3 is 12.1 Å². The molecule has 1 aliphatic heterocycles. The van der Waals surface area contributed by atoms with Crippen molar-refractivity contribution in [2.45, 2.75) is 82.2 Å². The van der Waals surface area contributed by atoms with Gasteiger partial charge in [0.15, 0.2) is 0 Å². The Balaban J connectivity index is 0.000000727. The molecule has 1 aromatic heterocycles. The lowest BCUT2D eigenvalue weighted by Crippen LogP contribution is -2.61. The van der Waals surface area contributed by atoms with Gasteiger partial charge in [-0.15, -0.1) is 11.3 Å². The lowest BCUT2D eigenvalue weighted by molar-refractivity contribution is -0.192. The molecule has 270 valence electrons. The molecule has 5 rings (SSSR count). The number of benzene rings is 2. The van der Waals surface area contributed by atoms with Crippen molar-refractivity contribution in [2.75, 3.05) is 19.6 Å². The molecule has 2 unspecified atom stereocenters. The first kappa shape index (κ1) is 38.3. The number of hydrogen-bond donors (Lipinski definition) is 5. The number of fused-ring (bicyclic) bond motifs is 1. The smallest absolute Gasteiger partial charge is 0.475 e. The van der Waals surface area contributed by atoms with Gasteiger partial charge in [0.25, 0.3) is 5.91 Å². The van der Waals surface area contributed by atoms with Crippen LogP contribution < -0.4 is 21.3 Å². The van der Waals surface area contributed by atoms with Gasteiger partial charge in [0.05, 0.1) is 4.88 Å². The van der Waals surface area contributed by atoms with Gasteiger partial charge in [-0.1, -0.05) is 61.4 Å². The third-order valence-electron chi connectivity index (χ3n) is 8.59. The second kappa shape index (κ2) is 16.9. The number of carbonyl (C=O) groups excluding carboxylic acids is 4. The second-order valence-electron chi connectivity index (χ2n) is 12.7. The quantitative estimate of drug-likeness (QED) is 0.212. The number of thiophene rings is 1. The summed E-state index contributed by atoms with van der Waals surface area (Å²) in [5.74, 6) is -3.74. The van der Waals surface area contributed by atoms with E-state index in [4.69, 9.17) is 9.90 Å². The molecule has 1 saturated heterocycles. The molecule has 0 spiro atoms. The van der Waals surface area contributed by atoms with Gasteiger partial charge in [-0.3, -0.25) is 19.2 Å². The highest BCUT2D eigenvalue weighted by Crippen LogP contribution is 2.32. The Morgan fingerprint density at radius 3 is 2.18 bits per heavy atom. The number of piperazine rings is 1. The molecule has 0 radical (unpaired) electrons. The molecule has 5 N–H and O–H groups in total. The molecular weight excluding hydrogens is 675 g/mol. The Bertz CT molecular complexity index is 1620. The summed E-state index contributed by atoms with van der Waals surface area (Å²) in [6.07, 6.45) is -1.98. The minimum Gasteiger partial charge on any atom is -0.475 e. The summed E-state index contributed by atoms with van der Waals surface area (Å²) < 4.78 is 32.7. The molecule has 1 aliphatic carbocycles. The maximum Gasteiger partial charge on any atom is 0.490 e. The third-order valence-corrected chi connectivity index (χ3v) is 9.70. The summed E-state index contributed by atoms with van der Waals surface area (Å²) in [5, 5.41) is 20.4. The van der Waals surface area contributed by atoms with Gasteiger partial charge in [-0.25, -0.2) is 4.79 Å². The lowest BCUT2D eigenvalue weighted by atomic mass is 9.94. The van der Waals surface area contributed by atoms with Gasteiger partial charge in [0.2, 0.25) is 17.7 Å². The van der Waals surface area contributed by atoms with Crippen LogP contribution in [0.4, 0.5) is 13.2 Å². The van der Waals surface area contributed by atoms with Gasteiger partial charge in [-0.05, 0) is 49.8 Å². The molecular formula is C35H42F3N5O6S. The number of halogens is 3. The minimum atomic E-state index is -5.08. The highest BCUT2D eigenvalue weighted by molar-refractivity contribution is 7.20. The summed E-state index contributed by atoms with van der Waals surface area (Å²) in [6.45, 7) is 5.56. The van der Waals surface area contributed by atoms with Crippen molar-refractivity contribution in [3.8, 4) is 0 Å². The van der Waals surface area contributed by atoms with Crippen LogP contribution in [-0.2, 0) is 25.6 Å². The number of alkyl halides is 3. The first-order valence-corrected chi connectivity index (χ1v) is 17.3. The van der Waals surface area contributed by atoms with E-state index in [-0.39, 0.29) is 48.7 Å². The van der Waals surface area contributed by atoms with Crippen LogP contribution in [-0.4, -0.2) is 89.1 Å². The number of nitrogens with one attached hydrogen (secondary N) is 4. The van der Waals surface area contributed by atoms with Crippen molar-refractivity contribution in [1.29, 1.82) is 0 Å². The van der Waals surface area contributed by atoms with Crippen LogP contribution in [0.3, 0.4) is 0 Å². The molecule has 3 aromatic rings. The van der Waals surface area contributed by atoms with E-state index in [1.54, 1.807) is 0 Å². The number of carbonyl (C=O) groups is 5. The SMILES string of the molecule is CC1CN(C(=O)CCNC(=O)[C@@H](Cc2ccccc2)NC(=O)C2(NC(=O)c3cc4ccccc4s3)CCCC2)CC(C)N1.O=C(O)C(F)(F)F. The number of rotatable bonds is 10. The highest BCUT2D eigenvalue weighted by Gasteiger charge is 2.44. The molecule has 2 fully saturated rings. The van der Waals surface area contributed by atoms with E-state index >= 15 is 0 Å². The number of hydrogen-bond acceptors (Lipinski definition) is 7. The average molecular weight is 718 g/mol. The molecule has 0 bridgehead atoms. The Labute approximate surface area is 292 Å². The zero-order valence-electron chi connectivity index (χ0n) is 27.8. The standard InChI is InChI=1S/C33H41N5O4S.C2HF3O2/c1-22-20-38(21-23(2)35-22)29(39)14-17-34-30(40)26(18-24-10-4-3-5-11-24)36-32(42)33(15-8-9-16-33)37-31(41)28-19-25-12-6-7-13-27(25)43-28;3-2(4,5)1(6)7/h3-7,10-13,19,22-23,26,35H,8-9,14-18,20-21H2,1-2H3,(H,34,40)(H,36,42)(H,37,41);(H,6,7)/t22?,23?,26-;/m1./s1. The maximum absolute atomic E-state index is 13.9. The zero-order chi connectivity index (χ0) is 36.5.